The lowest BCUT2D eigenvalue weighted by atomic mass is 9.90. The highest BCUT2D eigenvalue weighted by Crippen LogP contribution is 2.23. The van der Waals surface area contributed by atoms with Crippen molar-refractivity contribution in [1.29, 1.82) is 0 Å². The van der Waals surface area contributed by atoms with Crippen LogP contribution in [0.5, 0.6) is 0 Å². The molecule has 0 heterocycles. The molecule has 0 spiro atoms. The van der Waals surface area contributed by atoms with Crippen molar-refractivity contribution in [3.63, 3.8) is 0 Å². The van der Waals surface area contributed by atoms with Crippen LogP contribution in [0.3, 0.4) is 0 Å². The van der Waals surface area contributed by atoms with Crippen molar-refractivity contribution in [2.45, 2.75) is 27.7 Å². The number of carbonyl (C=O) groups is 3. The summed E-state index contributed by atoms with van der Waals surface area (Å²) >= 11 is 0. The van der Waals surface area contributed by atoms with Crippen LogP contribution in [0, 0.1) is 19.3 Å². The van der Waals surface area contributed by atoms with Crippen LogP contribution >= 0.6 is 0 Å². The van der Waals surface area contributed by atoms with Crippen molar-refractivity contribution in [3.05, 3.63) is 59.2 Å². The topological polar surface area (TPSA) is 84.5 Å². The van der Waals surface area contributed by atoms with E-state index in [2.05, 4.69) is 15.4 Å². The molecule has 2 N–H and O–H groups in total. The number of rotatable bonds is 5. The fourth-order valence-corrected chi connectivity index (χ4v) is 2.30. The Morgan fingerprint density at radius 3 is 1.85 bits per heavy atom. The van der Waals surface area contributed by atoms with Gasteiger partial charge in [0, 0.05) is 11.4 Å². The minimum absolute atomic E-state index is 0.377. The van der Waals surface area contributed by atoms with Gasteiger partial charge in [0.05, 0.1) is 12.7 Å². The summed E-state index contributed by atoms with van der Waals surface area (Å²) in [4.78, 5) is 36.7. The van der Waals surface area contributed by atoms with Crippen molar-refractivity contribution in [2.75, 3.05) is 17.7 Å². The zero-order valence-electron chi connectivity index (χ0n) is 16.2. The van der Waals surface area contributed by atoms with Gasteiger partial charge in [-0.1, -0.05) is 6.07 Å². The summed E-state index contributed by atoms with van der Waals surface area (Å²) in [5.74, 6) is -1.31. The summed E-state index contributed by atoms with van der Waals surface area (Å²) in [7, 11) is 1.30. The Morgan fingerprint density at radius 2 is 1.33 bits per heavy atom. The van der Waals surface area contributed by atoms with Gasteiger partial charge in [0.15, 0.2) is 0 Å². The number of anilines is 2. The van der Waals surface area contributed by atoms with Crippen LogP contribution in [-0.2, 0) is 14.3 Å². The summed E-state index contributed by atoms with van der Waals surface area (Å²) in [5.41, 5.74) is 2.40. The Bertz CT molecular complexity index is 870. The van der Waals surface area contributed by atoms with Gasteiger partial charge < -0.3 is 15.4 Å². The molecule has 0 atom stereocenters. The average molecular weight is 368 g/mol. The Hall–Kier alpha value is -3.15. The minimum atomic E-state index is -1.29. The van der Waals surface area contributed by atoms with Crippen molar-refractivity contribution < 1.29 is 19.1 Å². The number of hydrogen-bond acceptors (Lipinski definition) is 4. The van der Waals surface area contributed by atoms with Crippen molar-refractivity contribution in [3.8, 4) is 0 Å². The number of nitrogens with one attached hydrogen (secondary N) is 2. The second kappa shape index (κ2) is 8.03. The average Bonchev–Trinajstić information content (AvgIpc) is 2.64. The van der Waals surface area contributed by atoms with E-state index in [4.69, 9.17) is 0 Å². The molecule has 0 aromatic heterocycles. The highest BCUT2D eigenvalue weighted by Gasteiger charge is 2.36. The number of ether oxygens (including phenoxy) is 1. The largest absolute Gasteiger partial charge is 0.465 e. The zero-order chi connectivity index (χ0) is 20.2. The predicted octanol–water partition coefficient (Wildman–Crippen LogP) is 3.69. The van der Waals surface area contributed by atoms with Crippen LogP contribution in [0.1, 0.15) is 35.3 Å². The Morgan fingerprint density at radius 1 is 0.815 bits per heavy atom. The number of carbonyl (C=O) groups excluding carboxylic acids is 3. The van der Waals surface area contributed by atoms with Gasteiger partial charge in [-0.3, -0.25) is 9.59 Å². The molecule has 0 aliphatic rings. The van der Waals surface area contributed by atoms with Gasteiger partial charge in [0.25, 0.3) is 0 Å². The second-order valence-electron chi connectivity index (χ2n) is 6.90. The Balaban J connectivity index is 2.07. The number of amides is 2. The molecular weight excluding hydrogens is 344 g/mol. The normalized spacial score (nSPS) is 10.9. The molecule has 0 saturated carbocycles. The summed E-state index contributed by atoms with van der Waals surface area (Å²) < 4.78 is 4.64. The first kappa shape index (κ1) is 20.2. The van der Waals surface area contributed by atoms with Gasteiger partial charge in [-0.25, -0.2) is 4.79 Å². The Kier molecular flexibility index (Phi) is 6.00. The third kappa shape index (κ3) is 4.73. The molecular formula is C21H24N2O4. The van der Waals surface area contributed by atoms with E-state index in [1.165, 1.54) is 7.11 Å². The maximum Gasteiger partial charge on any atom is 0.337 e. The molecule has 27 heavy (non-hydrogen) atoms. The molecule has 2 aromatic carbocycles. The third-order valence-electron chi connectivity index (χ3n) is 4.46. The van der Waals surface area contributed by atoms with Crippen LogP contribution in [0.15, 0.2) is 42.5 Å². The molecule has 0 saturated heterocycles. The van der Waals surface area contributed by atoms with E-state index in [-0.39, 0.29) is 0 Å². The summed E-state index contributed by atoms with van der Waals surface area (Å²) in [6.45, 7) is 7.06. The van der Waals surface area contributed by atoms with Gasteiger partial charge >= 0.3 is 5.97 Å². The zero-order valence-corrected chi connectivity index (χ0v) is 16.2. The highest BCUT2D eigenvalue weighted by atomic mass is 16.5. The minimum Gasteiger partial charge on any atom is -0.465 e. The summed E-state index contributed by atoms with van der Waals surface area (Å²) in [6.07, 6.45) is 0. The maximum atomic E-state index is 12.6. The number of aryl methyl sites for hydroxylation is 2. The molecule has 142 valence electrons. The molecule has 6 nitrogen and oxygen atoms in total. The van der Waals surface area contributed by atoms with Crippen molar-refractivity contribution in [1.82, 2.24) is 0 Å². The lowest BCUT2D eigenvalue weighted by Gasteiger charge is -2.23. The van der Waals surface area contributed by atoms with E-state index in [1.54, 1.807) is 44.2 Å². The number of esters is 1. The van der Waals surface area contributed by atoms with Gasteiger partial charge in [0.1, 0.15) is 5.41 Å². The van der Waals surface area contributed by atoms with Gasteiger partial charge in [-0.15, -0.1) is 0 Å². The molecule has 2 rings (SSSR count). The molecule has 0 fully saturated rings. The third-order valence-corrected chi connectivity index (χ3v) is 4.46. The van der Waals surface area contributed by atoms with Gasteiger partial charge in [-0.2, -0.15) is 0 Å². The van der Waals surface area contributed by atoms with Crippen LogP contribution in [0.2, 0.25) is 0 Å². The molecule has 0 bridgehead atoms. The maximum absolute atomic E-state index is 12.6. The Labute approximate surface area is 158 Å². The highest BCUT2D eigenvalue weighted by molar-refractivity contribution is 6.14. The number of hydrogen-bond donors (Lipinski definition) is 2. The van der Waals surface area contributed by atoms with E-state index in [9.17, 15) is 14.4 Å². The van der Waals surface area contributed by atoms with E-state index >= 15 is 0 Å². The number of methoxy groups -OCH3 is 1. The number of benzene rings is 2. The van der Waals surface area contributed by atoms with Crippen LogP contribution in [0.4, 0.5) is 11.4 Å². The molecule has 2 aromatic rings. The SMILES string of the molecule is COC(=O)c1ccc(NC(=O)C(C)(C)C(=O)Nc2ccc(C)c(C)c2)cc1. The standard InChI is InChI=1S/C21H24N2O4/c1-13-6-9-17(12-14(13)2)23-20(26)21(3,4)19(25)22-16-10-7-15(8-11-16)18(24)27-5/h6-12H,1-5H3,(H,22,25)(H,23,26). The molecule has 0 aliphatic heterocycles. The fourth-order valence-electron chi connectivity index (χ4n) is 2.30. The monoisotopic (exact) mass is 368 g/mol. The van der Waals surface area contributed by atoms with E-state index in [0.29, 0.717) is 16.9 Å². The smallest absolute Gasteiger partial charge is 0.337 e. The molecule has 0 unspecified atom stereocenters. The quantitative estimate of drug-likeness (QED) is 0.623. The first-order valence-corrected chi connectivity index (χ1v) is 8.53. The van der Waals surface area contributed by atoms with Gasteiger partial charge in [-0.05, 0) is 75.2 Å². The first-order valence-electron chi connectivity index (χ1n) is 8.53. The molecule has 0 radical (unpaired) electrons. The first-order chi connectivity index (χ1) is 12.6. The predicted molar refractivity (Wildman–Crippen MR) is 105 cm³/mol. The van der Waals surface area contributed by atoms with Crippen molar-refractivity contribution in [2.24, 2.45) is 5.41 Å². The lowest BCUT2D eigenvalue weighted by Crippen LogP contribution is -2.41. The van der Waals surface area contributed by atoms with Gasteiger partial charge in [0.2, 0.25) is 11.8 Å². The fraction of sp³-hybridized carbons (Fsp3) is 0.286. The lowest BCUT2D eigenvalue weighted by molar-refractivity contribution is -0.135. The second-order valence-corrected chi connectivity index (χ2v) is 6.90. The van der Waals surface area contributed by atoms with E-state index in [1.807, 2.05) is 26.0 Å². The van der Waals surface area contributed by atoms with Crippen molar-refractivity contribution >= 4 is 29.2 Å². The summed E-state index contributed by atoms with van der Waals surface area (Å²) in [5, 5.41) is 5.49. The van der Waals surface area contributed by atoms with E-state index in [0.717, 1.165) is 11.1 Å². The van der Waals surface area contributed by atoms with Crippen LogP contribution < -0.4 is 10.6 Å². The molecule has 2 amide bonds. The van der Waals surface area contributed by atoms with Crippen LogP contribution in [-0.4, -0.2) is 24.9 Å². The van der Waals surface area contributed by atoms with Crippen LogP contribution in [0.25, 0.3) is 0 Å². The molecule has 0 aliphatic carbocycles. The molecule has 6 heteroatoms. The summed E-state index contributed by atoms with van der Waals surface area (Å²) in [6, 6.07) is 11.9. The van der Waals surface area contributed by atoms with E-state index < -0.39 is 23.2 Å².